The predicted molar refractivity (Wildman–Crippen MR) is 56.0 cm³/mol. The zero-order chi connectivity index (χ0) is 11.7. The molecule has 0 unspecified atom stereocenters. The van der Waals surface area contributed by atoms with Crippen molar-refractivity contribution in [3.8, 4) is 0 Å². The highest BCUT2D eigenvalue weighted by molar-refractivity contribution is 7.91. The summed E-state index contributed by atoms with van der Waals surface area (Å²) in [5.41, 5.74) is 7.96. The average Bonchev–Trinajstić information content (AvgIpc) is 2.08. The molecular formula is C7H14N4O3S. The minimum absolute atomic E-state index is 0.387. The summed E-state index contributed by atoms with van der Waals surface area (Å²) in [5, 5.41) is 5.78. The number of carbonyl (C=O) groups excluding carboxylic acids is 1. The monoisotopic (exact) mass is 234 g/mol. The number of rotatable bonds is 7. The first-order valence-electron chi connectivity index (χ1n) is 4.41. The maximum absolute atomic E-state index is 11.0. The zero-order valence-corrected chi connectivity index (χ0v) is 9.33. The fourth-order valence-electron chi connectivity index (χ4n) is 0.869. The van der Waals surface area contributed by atoms with Crippen molar-refractivity contribution in [2.45, 2.75) is 12.8 Å². The second-order valence-corrected chi connectivity index (χ2v) is 5.22. The average molecular weight is 234 g/mol. The molecule has 0 aromatic rings. The van der Waals surface area contributed by atoms with Crippen LogP contribution in [0.15, 0.2) is 5.11 Å². The summed E-state index contributed by atoms with van der Waals surface area (Å²) < 4.78 is 21.4. The molecule has 0 radical (unpaired) electrons. The van der Waals surface area contributed by atoms with Gasteiger partial charge in [0, 0.05) is 24.3 Å². The van der Waals surface area contributed by atoms with E-state index >= 15 is 0 Å². The molecule has 0 aliphatic rings. The Morgan fingerprint density at radius 1 is 1.47 bits per heavy atom. The van der Waals surface area contributed by atoms with E-state index in [4.69, 9.17) is 5.53 Å². The van der Waals surface area contributed by atoms with Crippen molar-refractivity contribution in [2.75, 3.05) is 25.1 Å². The van der Waals surface area contributed by atoms with Gasteiger partial charge in [-0.3, -0.25) is 4.79 Å². The Bertz CT molecular complexity index is 345. The number of unbranched alkanes of at least 4 members (excludes halogenated alkanes) is 1. The van der Waals surface area contributed by atoms with Gasteiger partial charge in [-0.05, 0) is 18.4 Å². The number of amides is 1. The van der Waals surface area contributed by atoms with E-state index in [1.54, 1.807) is 0 Å². The minimum atomic E-state index is -3.25. The van der Waals surface area contributed by atoms with Crippen LogP contribution in [-0.2, 0) is 14.6 Å². The summed E-state index contributed by atoms with van der Waals surface area (Å²) in [5.74, 6) is -0.982. The van der Waals surface area contributed by atoms with Crippen LogP contribution < -0.4 is 5.32 Å². The number of carbonyl (C=O) groups is 1. The van der Waals surface area contributed by atoms with Crippen molar-refractivity contribution in [3.05, 3.63) is 10.4 Å². The van der Waals surface area contributed by atoms with Crippen LogP contribution in [0.3, 0.4) is 0 Å². The summed E-state index contributed by atoms with van der Waals surface area (Å²) in [7, 11) is -3.25. The van der Waals surface area contributed by atoms with Crippen LogP contribution in [0.5, 0.6) is 0 Å². The Hall–Kier alpha value is -1.27. The van der Waals surface area contributed by atoms with E-state index < -0.39 is 21.5 Å². The van der Waals surface area contributed by atoms with Crippen LogP contribution in [0.4, 0.5) is 0 Å². The highest BCUT2D eigenvalue weighted by atomic mass is 32.2. The van der Waals surface area contributed by atoms with Crippen LogP contribution in [0.1, 0.15) is 12.8 Å². The molecule has 0 aromatic carbocycles. The molecule has 1 N–H and O–H groups in total. The van der Waals surface area contributed by atoms with Crippen molar-refractivity contribution >= 4 is 15.7 Å². The van der Waals surface area contributed by atoms with Crippen molar-refractivity contribution < 1.29 is 13.2 Å². The van der Waals surface area contributed by atoms with Crippen LogP contribution >= 0.6 is 0 Å². The molecule has 0 bridgehead atoms. The molecule has 0 saturated heterocycles. The number of nitrogens with zero attached hydrogens (tertiary/aromatic N) is 3. The molecule has 0 spiro atoms. The maximum Gasteiger partial charge on any atom is 0.235 e. The van der Waals surface area contributed by atoms with E-state index in [1.807, 2.05) is 0 Å². The van der Waals surface area contributed by atoms with Gasteiger partial charge in [0.15, 0.2) is 9.84 Å². The third-order valence-electron chi connectivity index (χ3n) is 1.46. The predicted octanol–water partition coefficient (Wildman–Crippen LogP) is 0.238. The lowest BCUT2D eigenvalue weighted by molar-refractivity contribution is -0.118. The maximum atomic E-state index is 11.0. The van der Waals surface area contributed by atoms with E-state index in [-0.39, 0.29) is 0 Å². The Balaban J connectivity index is 3.52. The number of hydrogen-bond acceptors (Lipinski definition) is 4. The number of hydrogen-bond donors (Lipinski definition) is 1. The molecule has 0 fully saturated rings. The first kappa shape index (κ1) is 13.7. The first-order chi connectivity index (χ1) is 6.95. The number of azide groups is 1. The van der Waals surface area contributed by atoms with Gasteiger partial charge in [-0.1, -0.05) is 5.11 Å². The normalized spacial score (nSPS) is 10.5. The van der Waals surface area contributed by atoms with Gasteiger partial charge in [-0.25, -0.2) is 8.42 Å². The van der Waals surface area contributed by atoms with Crippen LogP contribution in [-0.4, -0.2) is 39.4 Å². The standard InChI is InChI=1S/C7H14N4O3S/c1-15(13,14)6-7(12)9-4-2-3-5-10-11-8/h2-6H2,1H3,(H,9,12). The third-order valence-corrected chi connectivity index (χ3v) is 2.25. The quantitative estimate of drug-likeness (QED) is 0.294. The summed E-state index contributed by atoms with van der Waals surface area (Å²) in [6.07, 6.45) is 2.34. The van der Waals surface area contributed by atoms with Gasteiger partial charge in [0.05, 0.1) is 0 Å². The molecule has 0 heterocycles. The molecule has 1 amide bonds. The summed E-state index contributed by atoms with van der Waals surface area (Å²) in [6, 6.07) is 0. The second-order valence-electron chi connectivity index (χ2n) is 3.08. The van der Waals surface area contributed by atoms with E-state index in [2.05, 4.69) is 15.3 Å². The summed E-state index contributed by atoms with van der Waals surface area (Å²) in [4.78, 5) is 13.6. The van der Waals surface area contributed by atoms with E-state index in [1.165, 1.54) is 0 Å². The van der Waals surface area contributed by atoms with Gasteiger partial charge in [-0.15, -0.1) is 0 Å². The lowest BCUT2D eigenvalue weighted by atomic mass is 10.3. The van der Waals surface area contributed by atoms with E-state index in [0.717, 1.165) is 6.26 Å². The number of nitrogens with one attached hydrogen (secondary N) is 1. The molecule has 0 aliphatic carbocycles. The largest absolute Gasteiger partial charge is 0.355 e. The fraction of sp³-hybridized carbons (Fsp3) is 0.857. The van der Waals surface area contributed by atoms with Crippen molar-refractivity contribution in [1.29, 1.82) is 0 Å². The van der Waals surface area contributed by atoms with Gasteiger partial charge in [0.1, 0.15) is 5.75 Å². The van der Waals surface area contributed by atoms with Gasteiger partial charge in [-0.2, -0.15) is 0 Å². The highest BCUT2D eigenvalue weighted by Gasteiger charge is 2.09. The van der Waals surface area contributed by atoms with E-state index in [0.29, 0.717) is 25.9 Å². The Labute approximate surface area is 88.4 Å². The minimum Gasteiger partial charge on any atom is -0.355 e. The van der Waals surface area contributed by atoms with E-state index in [9.17, 15) is 13.2 Å². The van der Waals surface area contributed by atoms with Crippen LogP contribution in [0, 0.1) is 0 Å². The van der Waals surface area contributed by atoms with Crippen molar-refractivity contribution in [2.24, 2.45) is 5.11 Å². The lowest BCUT2D eigenvalue weighted by Crippen LogP contribution is -2.30. The SMILES string of the molecule is CS(=O)(=O)CC(=O)NCCCCN=[N+]=[N-]. The number of sulfone groups is 1. The van der Waals surface area contributed by atoms with Gasteiger partial charge >= 0.3 is 0 Å². The third kappa shape index (κ3) is 10.7. The summed E-state index contributed by atoms with van der Waals surface area (Å²) >= 11 is 0. The van der Waals surface area contributed by atoms with Crippen molar-refractivity contribution in [1.82, 2.24) is 5.32 Å². The molecule has 0 atom stereocenters. The molecule has 0 rings (SSSR count). The molecule has 0 saturated carbocycles. The van der Waals surface area contributed by atoms with Crippen LogP contribution in [0.25, 0.3) is 10.4 Å². The summed E-state index contributed by atoms with van der Waals surface area (Å²) in [6.45, 7) is 0.785. The Morgan fingerprint density at radius 2 is 2.13 bits per heavy atom. The van der Waals surface area contributed by atoms with Gasteiger partial charge in [0.2, 0.25) is 5.91 Å². The molecule has 7 nitrogen and oxygen atoms in total. The Morgan fingerprint density at radius 3 is 2.67 bits per heavy atom. The molecule has 0 aromatic heterocycles. The topological polar surface area (TPSA) is 112 Å². The molecule has 0 aliphatic heterocycles. The Kier molecular flexibility index (Phi) is 6.48. The van der Waals surface area contributed by atoms with Gasteiger partial charge in [0.25, 0.3) is 0 Å². The highest BCUT2D eigenvalue weighted by Crippen LogP contribution is 1.89. The molecule has 15 heavy (non-hydrogen) atoms. The first-order valence-corrected chi connectivity index (χ1v) is 6.47. The van der Waals surface area contributed by atoms with Crippen LogP contribution in [0.2, 0.25) is 0 Å². The second kappa shape index (κ2) is 7.08. The molecule has 86 valence electrons. The smallest absolute Gasteiger partial charge is 0.235 e. The fourth-order valence-corrected chi connectivity index (χ4v) is 1.45. The lowest BCUT2D eigenvalue weighted by Gasteiger charge is -2.02. The zero-order valence-electron chi connectivity index (χ0n) is 8.51. The molecular weight excluding hydrogens is 220 g/mol. The molecule has 8 heteroatoms. The van der Waals surface area contributed by atoms with Gasteiger partial charge < -0.3 is 5.32 Å². The van der Waals surface area contributed by atoms with Crippen molar-refractivity contribution in [3.63, 3.8) is 0 Å².